The molecule has 0 aliphatic carbocycles. The van der Waals surface area contributed by atoms with E-state index in [1.807, 2.05) is 29.2 Å². The van der Waals surface area contributed by atoms with Gasteiger partial charge in [-0.2, -0.15) is 0 Å². The van der Waals surface area contributed by atoms with Crippen LogP contribution >= 0.6 is 0 Å². The molecule has 0 spiro atoms. The minimum atomic E-state index is -0.277. The molecule has 156 valence electrons. The third kappa shape index (κ3) is 5.21. The van der Waals surface area contributed by atoms with E-state index in [2.05, 4.69) is 24.1 Å². The number of amides is 1. The lowest BCUT2D eigenvalue weighted by Crippen LogP contribution is -2.42. The molecule has 0 unspecified atom stereocenters. The summed E-state index contributed by atoms with van der Waals surface area (Å²) < 4.78 is 11.9. The SMILES string of the molecule is COCc1cc(=O)n(CC(=O)Nc2ccccc2C(C)C)c(N2CCOCC2)n1. The topological polar surface area (TPSA) is 85.7 Å². The van der Waals surface area contributed by atoms with Crippen LogP contribution in [0.5, 0.6) is 0 Å². The maximum Gasteiger partial charge on any atom is 0.255 e. The molecule has 8 nitrogen and oxygen atoms in total. The minimum Gasteiger partial charge on any atom is -0.378 e. The zero-order valence-electron chi connectivity index (χ0n) is 17.2. The Morgan fingerprint density at radius 1 is 1.28 bits per heavy atom. The number of carbonyl (C=O) groups excluding carboxylic acids is 1. The highest BCUT2D eigenvalue weighted by Gasteiger charge is 2.20. The monoisotopic (exact) mass is 400 g/mol. The van der Waals surface area contributed by atoms with Gasteiger partial charge in [0.2, 0.25) is 11.9 Å². The summed E-state index contributed by atoms with van der Waals surface area (Å²) in [6.45, 7) is 6.60. The summed E-state index contributed by atoms with van der Waals surface area (Å²) in [6.07, 6.45) is 0. The Morgan fingerprint density at radius 2 is 2.00 bits per heavy atom. The lowest BCUT2D eigenvalue weighted by Gasteiger charge is -2.29. The van der Waals surface area contributed by atoms with Crippen molar-refractivity contribution < 1.29 is 14.3 Å². The molecule has 1 fully saturated rings. The van der Waals surface area contributed by atoms with Crippen LogP contribution in [0.25, 0.3) is 0 Å². The van der Waals surface area contributed by atoms with Crippen LogP contribution in [0.15, 0.2) is 35.1 Å². The fourth-order valence-corrected chi connectivity index (χ4v) is 3.36. The van der Waals surface area contributed by atoms with Crippen LogP contribution in [-0.4, -0.2) is 48.9 Å². The number of hydrogen-bond acceptors (Lipinski definition) is 6. The van der Waals surface area contributed by atoms with Crippen LogP contribution in [0.3, 0.4) is 0 Å². The fraction of sp³-hybridized carbons (Fsp3) is 0.476. The van der Waals surface area contributed by atoms with Crippen molar-refractivity contribution in [1.82, 2.24) is 9.55 Å². The molecule has 0 radical (unpaired) electrons. The van der Waals surface area contributed by atoms with Gasteiger partial charge in [0.15, 0.2) is 0 Å². The van der Waals surface area contributed by atoms with Gasteiger partial charge in [-0.1, -0.05) is 32.0 Å². The van der Waals surface area contributed by atoms with Crippen molar-refractivity contribution in [3.05, 3.63) is 51.9 Å². The number of methoxy groups -OCH3 is 1. The number of rotatable bonds is 7. The van der Waals surface area contributed by atoms with Crippen molar-refractivity contribution >= 4 is 17.5 Å². The highest BCUT2D eigenvalue weighted by atomic mass is 16.5. The van der Waals surface area contributed by atoms with Crippen LogP contribution in [0.2, 0.25) is 0 Å². The molecule has 3 rings (SSSR count). The molecule has 0 atom stereocenters. The van der Waals surface area contributed by atoms with E-state index >= 15 is 0 Å². The second-order valence-corrected chi connectivity index (χ2v) is 7.29. The van der Waals surface area contributed by atoms with Crippen LogP contribution in [-0.2, 0) is 27.4 Å². The summed E-state index contributed by atoms with van der Waals surface area (Å²) in [5.74, 6) is 0.476. The van der Waals surface area contributed by atoms with E-state index in [0.717, 1.165) is 11.3 Å². The second-order valence-electron chi connectivity index (χ2n) is 7.29. The smallest absolute Gasteiger partial charge is 0.255 e. The van der Waals surface area contributed by atoms with E-state index in [9.17, 15) is 9.59 Å². The molecule has 1 aliphatic rings. The number of carbonyl (C=O) groups is 1. The van der Waals surface area contributed by atoms with Gasteiger partial charge in [0, 0.05) is 32.0 Å². The Kier molecular flexibility index (Phi) is 7.00. The number of nitrogens with one attached hydrogen (secondary N) is 1. The van der Waals surface area contributed by atoms with E-state index in [4.69, 9.17) is 9.47 Å². The van der Waals surface area contributed by atoms with Gasteiger partial charge in [0.1, 0.15) is 6.54 Å². The largest absolute Gasteiger partial charge is 0.378 e. The van der Waals surface area contributed by atoms with E-state index in [0.29, 0.717) is 37.9 Å². The second kappa shape index (κ2) is 9.67. The predicted molar refractivity (Wildman–Crippen MR) is 111 cm³/mol. The molecule has 1 aliphatic heterocycles. The summed E-state index contributed by atoms with van der Waals surface area (Å²) in [5, 5.41) is 2.94. The lowest BCUT2D eigenvalue weighted by molar-refractivity contribution is -0.116. The molecule has 1 aromatic heterocycles. The van der Waals surface area contributed by atoms with Crippen molar-refractivity contribution in [2.75, 3.05) is 43.6 Å². The molecule has 0 bridgehead atoms. The number of nitrogens with zero attached hydrogens (tertiary/aromatic N) is 3. The molecule has 2 heterocycles. The number of aromatic nitrogens is 2. The summed E-state index contributed by atoms with van der Waals surface area (Å²) in [6, 6.07) is 9.12. The highest BCUT2D eigenvalue weighted by Crippen LogP contribution is 2.23. The van der Waals surface area contributed by atoms with Gasteiger partial charge in [-0.15, -0.1) is 0 Å². The van der Waals surface area contributed by atoms with Gasteiger partial charge < -0.3 is 19.7 Å². The highest BCUT2D eigenvalue weighted by molar-refractivity contribution is 5.91. The Bertz CT molecular complexity index is 904. The molecule has 2 aromatic rings. The summed E-state index contributed by atoms with van der Waals surface area (Å²) in [7, 11) is 1.56. The Hall–Kier alpha value is -2.71. The number of benzene rings is 1. The summed E-state index contributed by atoms with van der Waals surface area (Å²) in [4.78, 5) is 32.1. The van der Waals surface area contributed by atoms with Crippen LogP contribution in [0, 0.1) is 0 Å². The predicted octanol–water partition coefficient (Wildman–Crippen LogP) is 1.99. The molecule has 1 N–H and O–H groups in total. The Labute approximate surface area is 170 Å². The Morgan fingerprint density at radius 3 is 2.69 bits per heavy atom. The zero-order valence-corrected chi connectivity index (χ0v) is 17.2. The van der Waals surface area contributed by atoms with Gasteiger partial charge in [-0.05, 0) is 17.5 Å². The summed E-state index contributed by atoms with van der Waals surface area (Å²) >= 11 is 0. The normalized spacial score (nSPS) is 14.3. The lowest BCUT2D eigenvalue weighted by atomic mass is 10.0. The van der Waals surface area contributed by atoms with Gasteiger partial charge in [0.05, 0.1) is 25.5 Å². The van der Waals surface area contributed by atoms with E-state index in [1.165, 1.54) is 10.6 Å². The number of para-hydroxylation sites is 1. The molecule has 1 aromatic carbocycles. The van der Waals surface area contributed by atoms with Gasteiger partial charge >= 0.3 is 0 Å². The first kappa shape index (κ1) is 21.0. The third-order valence-electron chi connectivity index (χ3n) is 4.79. The first-order valence-corrected chi connectivity index (χ1v) is 9.80. The fourth-order valence-electron chi connectivity index (χ4n) is 3.36. The summed E-state index contributed by atoms with van der Waals surface area (Å²) in [5.41, 5.74) is 2.08. The average Bonchev–Trinajstić information content (AvgIpc) is 2.71. The molecule has 1 amide bonds. The third-order valence-corrected chi connectivity index (χ3v) is 4.79. The van der Waals surface area contributed by atoms with E-state index in [-0.39, 0.29) is 30.5 Å². The van der Waals surface area contributed by atoms with Crippen molar-refractivity contribution in [3.8, 4) is 0 Å². The van der Waals surface area contributed by atoms with Gasteiger partial charge in [-0.25, -0.2) is 4.98 Å². The van der Waals surface area contributed by atoms with Crippen LogP contribution in [0.4, 0.5) is 11.6 Å². The maximum absolute atomic E-state index is 12.8. The molecule has 0 saturated carbocycles. The number of hydrogen-bond donors (Lipinski definition) is 1. The zero-order chi connectivity index (χ0) is 20.8. The van der Waals surface area contributed by atoms with Gasteiger partial charge in [0.25, 0.3) is 5.56 Å². The Balaban J connectivity index is 1.87. The van der Waals surface area contributed by atoms with Crippen molar-refractivity contribution in [2.45, 2.75) is 32.9 Å². The van der Waals surface area contributed by atoms with Crippen LogP contribution in [0.1, 0.15) is 31.0 Å². The van der Waals surface area contributed by atoms with E-state index < -0.39 is 0 Å². The molecule has 8 heteroatoms. The first-order valence-electron chi connectivity index (χ1n) is 9.80. The average molecular weight is 400 g/mol. The number of anilines is 2. The standard InChI is InChI=1S/C21H28N4O4/c1-15(2)17-6-4-5-7-18(17)23-19(26)13-25-20(27)12-16(14-28-3)22-21(25)24-8-10-29-11-9-24/h4-7,12,15H,8-11,13-14H2,1-3H3,(H,23,26). The van der Waals surface area contributed by atoms with Crippen LogP contribution < -0.4 is 15.8 Å². The van der Waals surface area contributed by atoms with Crippen molar-refractivity contribution in [3.63, 3.8) is 0 Å². The maximum atomic E-state index is 12.8. The first-order chi connectivity index (χ1) is 14.0. The van der Waals surface area contributed by atoms with Crippen molar-refractivity contribution in [1.29, 1.82) is 0 Å². The number of morpholine rings is 1. The van der Waals surface area contributed by atoms with Gasteiger partial charge in [-0.3, -0.25) is 14.2 Å². The molecule has 1 saturated heterocycles. The molecular formula is C21H28N4O4. The van der Waals surface area contributed by atoms with Crippen molar-refractivity contribution in [2.24, 2.45) is 0 Å². The quantitative estimate of drug-likeness (QED) is 0.765. The minimum absolute atomic E-state index is 0.113. The number of ether oxygens (including phenoxy) is 2. The molecular weight excluding hydrogens is 372 g/mol. The van der Waals surface area contributed by atoms with E-state index in [1.54, 1.807) is 7.11 Å². The molecule has 29 heavy (non-hydrogen) atoms.